The molecule has 38 heteroatoms. The first-order valence-electron chi connectivity index (χ1n) is 15.6. The monoisotopic (exact) mass is 1160 g/mol. The molecule has 2 aromatic carbocycles. The van der Waals surface area contributed by atoms with E-state index in [4.69, 9.17) is 32.4 Å². The number of hydrogen-bond acceptors (Lipinski definition) is 26. The third kappa shape index (κ3) is 18.5. The Hall–Kier alpha value is 2.97. The summed E-state index contributed by atoms with van der Waals surface area (Å²) < 4.78 is 213. The number of nitrogens with zero attached hydrogens (tertiary/aromatic N) is 2. The molecule has 2 heterocycles. The smallest absolute Gasteiger partial charge is 0.726 e. The molecule has 0 radical (unpaired) electrons. The van der Waals surface area contributed by atoms with E-state index in [9.17, 15) is 68.7 Å². The van der Waals surface area contributed by atoms with Gasteiger partial charge in [0.1, 0.15) is 31.8 Å². The van der Waals surface area contributed by atoms with Gasteiger partial charge in [0.15, 0.2) is 42.5 Å². The van der Waals surface area contributed by atoms with Crippen molar-refractivity contribution in [1.29, 1.82) is 0 Å². The Labute approximate surface area is 545 Å². The number of rotatable bonds is 19. The van der Waals surface area contributed by atoms with Gasteiger partial charge < -0.3 is 38.0 Å². The van der Waals surface area contributed by atoms with Crippen molar-refractivity contribution >= 4 is 113 Å². The summed E-state index contributed by atoms with van der Waals surface area (Å²) in [5.41, 5.74) is -1.77. The molecule has 64 heavy (non-hydrogen) atoms. The van der Waals surface area contributed by atoms with Gasteiger partial charge in [-0.3, -0.25) is 21.7 Å². The molecule has 0 aromatic heterocycles. The number of halogens is 2. The molecule has 3 aliphatic rings. The largest absolute Gasteiger partial charge is 1.00 e. The Morgan fingerprint density at radius 3 is 1.80 bits per heavy atom. The Morgan fingerprint density at radius 1 is 0.703 bits per heavy atom. The predicted octanol–water partition coefficient (Wildman–Crippen LogP) is -12.1. The van der Waals surface area contributed by atoms with Crippen molar-refractivity contribution in [3.05, 3.63) is 39.7 Å². The molecule has 0 bridgehead atoms. The number of fused-ring (bicyclic) bond motifs is 4. The maximum Gasteiger partial charge on any atom is 1.00 e. The van der Waals surface area contributed by atoms with E-state index in [-0.39, 0.29) is 250 Å². The number of hydrogen-bond donors (Lipinski definition) is 2. The van der Waals surface area contributed by atoms with Gasteiger partial charge in [0.25, 0.3) is 0 Å². The van der Waals surface area contributed by atoms with Crippen molar-refractivity contribution in [2.75, 3.05) is 61.7 Å². The SMILES string of the molecule is O=S(=O)([O-])OCCN=c1ccc2nc3c(Cl)c4c(c(Cl)c3oc-2c1S(=O)(=O)CCOS(=O)(=O)[O-])Nc1cc(S(=O)(=O)CCOS(=O)(=O)[O-])c(NCCOS(=O)(=O)[O-])cc1O4.[K+].[K+].[K+].[K+]. The van der Waals surface area contributed by atoms with Gasteiger partial charge in [-0.1, -0.05) is 23.2 Å². The topological polar surface area (TPSA) is 406 Å². The van der Waals surface area contributed by atoms with Crippen LogP contribution in [0, 0.1) is 0 Å². The quantitative estimate of drug-likeness (QED) is 0.0255. The molecule has 0 amide bonds. The second-order valence-corrected chi connectivity index (χ2v) is 20.5. The molecule has 2 aromatic rings. The van der Waals surface area contributed by atoms with Crippen LogP contribution in [0.4, 0.5) is 17.1 Å². The molecular weight excluding hydrogens is 1140 g/mol. The normalized spacial score (nSPS) is 13.2. The number of ether oxygens (including phenoxy) is 1. The van der Waals surface area contributed by atoms with Crippen LogP contribution in [0.1, 0.15) is 0 Å². The van der Waals surface area contributed by atoms with Crippen LogP contribution in [-0.4, -0.2) is 125 Å². The molecule has 0 unspecified atom stereocenters. The van der Waals surface area contributed by atoms with Gasteiger partial charge in [-0.2, -0.15) is 0 Å². The fraction of sp³-hybridized carbons (Fsp3) is 0.308. The second-order valence-electron chi connectivity index (χ2n) is 11.4. The number of nitrogens with one attached hydrogen (secondary N) is 2. The zero-order valence-electron chi connectivity index (χ0n) is 33.0. The van der Waals surface area contributed by atoms with Crippen LogP contribution in [0.25, 0.3) is 22.6 Å². The van der Waals surface area contributed by atoms with Gasteiger partial charge in [-0.15, -0.1) is 0 Å². The van der Waals surface area contributed by atoms with Crippen LogP contribution in [-0.2, 0) is 78.0 Å². The maximum absolute atomic E-state index is 13.6. The molecule has 2 N–H and O–H groups in total. The molecule has 5 rings (SSSR count). The fourth-order valence-electron chi connectivity index (χ4n) is 5.13. The van der Waals surface area contributed by atoms with Crippen LogP contribution < -0.4 is 226 Å². The Bertz CT molecular complexity index is 3110. The first-order valence-corrected chi connectivity index (χ1v) is 25.0. The zero-order valence-corrected chi connectivity index (χ0v) is 52.0. The summed E-state index contributed by atoms with van der Waals surface area (Å²) in [6.45, 7) is -5.06. The van der Waals surface area contributed by atoms with Gasteiger partial charge in [0, 0.05) is 12.6 Å². The summed E-state index contributed by atoms with van der Waals surface area (Å²) in [4.78, 5) is 6.84. The molecule has 0 spiro atoms. The van der Waals surface area contributed by atoms with Gasteiger partial charge in [0.2, 0.25) is 41.6 Å². The predicted molar refractivity (Wildman–Crippen MR) is 196 cm³/mol. The van der Waals surface area contributed by atoms with E-state index in [2.05, 4.69) is 37.3 Å². The van der Waals surface area contributed by atoms with E-state index < -0.39 is 144 Å². The molecule has 26 nitrogen and oxygen atoms in total. The van der Waals surface area contributed by atoms with Crippen LogP contribution in [0.15, 0.2) is 43.5 Å². The van der Waals surface area contributed by atoms with E-state index in [1.54, 1.807) is 0 Å². The minimum Gasteiger partial charge on any atom is -0.726 e. The molecule has 1 aliphatic carbocycles. The van der Waals surface area contributed by atoms with Crippen molar-refractivity contribution in [2.45, 2.75) is 9.79 Å². The second kappa shape index (κ2) is 26.3. The van der Waals surface area contributed by atoms with Crippen LogP contribution in [0.5, 0.6) is 11.5 Å². The van der Waals surface area contributed by atoms with Crippen molar-refractivity contribution in [1.82, 2.24) is 4.98 Å². The number of sulfone groups is 2. The summed E-state index contributed by atoms with van der Waals surface area (Å²) in [7, 11) is -30.4. The van der Waals surface area contributed by atoms with Crippen molar-refractivity contribution in [3.63, 3.8) is 0 Å². The first kappa shape index (κ1) is 65.0. The zero-order chi connectivity index (χ0) is 44.6. The van der Waals surface area contributed by atoms with Gasteiger partial charge >= 0.3 is 206 Å². The Kier molecular flexibility index (Phi) is 26.7. The molecule has 2 aliphatic heterocycles. The third-order valence-corrected chi connectivity index (χ3v) is 13.3. The van der Waals surface area contributed by atoms with Crippen LogP contribution in [0.3, 0.4) is 0 Å². The minimum absolute atomic E-state index is 0. The van der Waals surface area contributed by atoms with Gasteiger partial charge in [-0.05, 0) is 18.2 Å². The molecule has 0 fully saturated rings. The standard InChI is InChI=1S/C26H26Cl2N4O22S6.4K/c27-19-22-25(54-23-13(31-22)1-2-14(29-3-5-49-57(37,38)39)26(23)56(35,36)10-8-52-60(46,47)48)20(28)21-24(19)53-17-11-16(30-4-6-50-58(40,41)42)18(12-15(17)32-21)55(33,34)9-7-51-59(43,44)45;;;;/h1-2,11-12,30,32H,3-10H2,(H,37,38,39)(H,40,41,42)(H,43,44,45)(H,46,47,48);;;;/q;4*+1/p-4. The summed E-state index contributed by atoms with van der Waals surface area (Å²) in [5, 5.41) is 4.04. The number of anilines is 3. The number of aromatic nitrogens is 1. The maximum atomic E-state index is 13.6. The van der Waals surface area contributed by atoms with E-state index >= 15 is 0 Å². The van der Waals surface area contributed by atoms with E-state index in [1.807, 2.05) is 0 Å². The van der Waals surface area contributed by atoms with Gasteiger partial charge in [-0.25, -0.2) is 55.5 Å². The molecular formula is C26H22Cl2K4N4O22S6. The summed E-state index contributed by atoms with van der Waals surface area (Å²) >= 11 is 13.4. The fourth-order valence-corrected chi connectivity index (χ4v) is 9.68. The van der Waals surface area contributed by atoms with Crippen molar-refractivity contribution < 1.29 is 300 Å². The molecule has 0 saturated carbocycles. The van der Waals surface area contributed by atoms with E-state index in [1.165, 1.54) is 0 Å². The van der Waals surface area contributed by atoms with Crippen molar-refractivity contribution in [2.24, 2.45) is 4.99 Å². The van der Waals surface area contributed by atoms with Gasteiger partial charge in [0.05, 0.1) is 66.1 Å². The third-order valence-electron chi connectivity index (χ3n) is 7.38. The van der Waals surface area contributed by atoms with Crippen molar-refractivity contribution in [3.8, 4) is 23.0 Å². The Morgan fingerprint density at radius 2 is 1.23 bits per heavy atom. The minimum atomic E-state index is -5.35. The average Bonchev–Trinajstić information content (AvgIpc) is 3.10. The van der Waals surface area contributed by atoms with Crippen LogP contribution in [0.2, 0.25) is 10.0 Å². The van der Waals surface area contributed by atoms with Crippen LogP contribution >= 0.6 is 23.2 Å². The molecule has 0 saturated heterocycles. The average molecular weight is 1160 g/mol. The summed E-state index contributed by atoms with van der Waals surface area (Å²) in [6.07, 6.45) is 0. The summed E-state index contributed by atoms with van der Waals surface area (Å²) in [6, 6.07) is 4.22. The molecule has 332 valence electrons. The molecule has 0 atom stereocenters. The first-order chi connectivity index (χ1) is 27.6. The number of benzene rings is 3. The Balaban J connectivity index is 0.00000512. The van der Waals surface area contributed by atoms with E-state index in [0.717, 1.165) is 24.3 Å². The summed E-state index contributed by atoms with van der Waals surface area (Å²) in [5.74, 6) is -3.34. The van der Waals surface area contributed by atoms with E-state index in [0.29, 0.717) is 0 Å².